The van der Waals surface area contributed by atoms with Crippen LogP contribution < -0.4 is 11.0 Å². The van der Waals surface area contributed by atoms with Crippen molar-refractivity contribution in [2.45, 2.75) is 75.3 Å². The molecule has 3 N–H and O–H groups in total. The third-order valence-corrected chi connectivity index (χ3v) is 11.3. The fourth-order valence-corrected chi connectivity index (χ4v) is 8.84. The van der Waals surface area contributed by atoms with E-state index in [2.05, 4.69) is 15.4 Å². The number of phenols is 1. The van der Waals surface area contributed by atoms with Crippen molar-refractivity contribution in [1.82, 2.24) is 33.2 Å². The number of imidazole rings is 1. The first-order valence-electron chi connectivity index (χ1n) is 17.7. The minimum atomic E-state index is -4.51. The van der Waals surface area contributed by atoms with Gasteiger partial charge in [-0.1, -0.05) is 30.3 Å². The number of ether oxygens (including phenoxy) is 2. The van der Waals surface area contributed by atoms with E-state index < -0.39 is 57.6 Å². The molecule has 1 saturated carbocycles. The molecule has 0 bridgehead atoms. The number of nitrogens with one attached hydrogen (secondary N) is 1. The highest BCUT2D eigenvalue weighted by molar-refractivity contribution is 7.90. The van der Waals surface area contributed by atoms with Crippen molar-refractivity contribution in [2.75, 3.05) is 6.61 Å². The number of aliphatic hydroxyl groups is 1. The lowest BCUT2D eigenvalue weighted by Gasteiger charge is -2.25. The van der Waals surface area contributed by atoms with Crippen molar-refractivity contribution in [3.05, 3.63) is 83.4 Å². The summed E-state index contributed by atoms with van der Waals surface area (Å²) < 4.78 is 62.3. The van der Waals surface area contributed by atoms with Crippen molar-refractivity contribution in [3.63, 3.8) is 0 Å². The molecule has 0 radical (unpaired) electrons. The van der Waals surface area contributed by atoms with Gasteiger partial charge in [-0.3, -0.25) is 13.8 Å². The van der Waals surface area contributed by atoms with E-state index in [4.69, 9.17) is 9.47 Å². The Morgan fingerprint density at radius 2 is 1.78 bits per heavy atom. The van der Waals surface area contributed by atoms with Gasteiger partial charge in [-0.2, -0.15) is 4.39 Å². The first kappa shape index (κ1) is 37.8. The maximum absolute atomic E-state index is 15.9. The van der Waals surface area contributed by atoms with Crippen LogP contribution >= 0.6 is 0 Å². The van der Waals surface area contributed by atoms with Gasteiger partial charge in [0.15, 0.2) is 5.65 Å². The van der Waals surface area contributed by atoms with Gasteiger partial charge < -0.3 is 25.0 Å². The van der Waals surface area contributed by atoms with Crippen LogP contribution in [-0.4, -0.2) is 83.1 Å². The molecule has 4 heterocycles. The summed E-state index contributed by atoms with van der Waals surface area (Å²) in [6.07, 6.45) is 1.06. The molecule has 1 unspecified atom stereocenters. The number of nitrogens with zero attached hydrogens (tertiary/aromatic N) is 6. The zero-order valence-electron chi connectivity index (χ0n) is 31.1. The lowest BCUT2D eigenvalue weighted by atomic mass is 9.99. The number of aromatic nitrogens is 6. The molecular weight excluding hydrogens is 734 g/mol. The van der Waals surface area contributed by atoms with Crippen LogP contribution in [0.3, 0.4) is 0 Å². The van der Waals surface area contributed by atoms with Crippen molar-refractivity contribution >= 4 is 38.2 Å². The Bertz CT molecular complexity index is 2590. The predicted molar refractivity (Wildman–Crippen MR) is 202 cm³/mol. The zero-order chi connectivity index (χ0) is 39.6. The van der Waals surface area contributed by atoms with Gasteiger partial charge in [0.1, 0.15) is 11.4 Å². The number of rotatable bonds is 9. The molecule has 1 aliphatic carbocycles. The first-order valence-corrected chi connectivity index (χ1v) is 19.1. The van der Waals surface area contributed by atoms with Crippen LogP contribution in [0, 0.1) is 5.95 Å². The second-order valence-electron chi connectivity index (χ2n) is 14.9. The Kier molecular flexibility index (Phi) is 9.59. The molecule has 1 amide bonds. The number of aliphatic hydroxyl groups excluding tert-OH is 1. The van der Waals surface area contributed by atoms with Crippen LogP contribution in [0.2, 0.25) is 0 Å². The van der Waals surface area contributed by atoms with Gasteiger partial charge in [0, 0.05) is 31.9 Å². The van der Waals surface area contributed by atoms with Gasteiger partial charge in [-0.05, 0) is 70.4 Å². The summed E-state index contributed by atoms with van der Waals surface area (Å²) in [6, 6.07) is 12.4. The Labute approximate surface area is 315 Å². The normalized spacial score (nSPS) is 18.3. The average molecular weight is 776 g/mol. The number of halogens is 1. The average Bonchev–Trinajstić information content (AvgIpc) is 3.84. The summed E-state index contributed by atoms with van der Waals surface area (Å²) in [5, 5.41) is 27.4. The Hall–Kier alpha value is -5.52. The third-order valence-electron chi connectivity index (χ3n) is 9.56. The van der Waals surface area contributed by atoms with E-state index in [9.17, 15) is 28.2 Å². The molecule has 4 atom stereocenters. The predicted octanol–water partition coefficient (Wildman–Crippen LogP) is 4.83. The molecule has 15 nitrogen and oxygen atoms in total. The van der Waals surface area contributed by atoms with Crippen molar-refractivity contribution in [2.24, 2.45) is 14.1 Å². The maximum Gasteiger partial charge on any atom is 0.407 e. The Morgan fingerprint density at radius 1 is 1.09 bits per heavy atom. The molecule has 0 saturated heterocycles. The fraction of sp³-hybridized carbons (Fsp3) is 0.368. The van der Waals surface area contributed by atoms with Crippen LogP contribution in [0.15, 0.2) is 76.7 Å². The fourth-order valence-electron chi connectivity index (χ4n) is 7.33. The van der Waals surface area contributed by atoms with Gasteiger partial charge >= 0.3 is 11.8 Å². The van der Waals surface area contributed by atoms with E-state index in [0.29, 0.717) is 16.6 Å². The van der Waals surface area contributed by atoms with Gasteiger partial charge in [0.05, 0.1) is 63.6 Å². The SMILES string of the molecule is CC(O)CO[C@@H]1C[C@@H](n2c(=O)n(C)c3cnc4c(c(-c5ccc(O)cc5)c(-c5cn(C)nc5F)n4S(=O)(=O)c4ccccc4)c32)C[C@@H]1NC(=O)OC(C)(C)C. The van der Waals surface area contributed by atoms with Crippen LogP contribution in [0.5, 0.6) is 5.75 Å². The van der Waals surface area contributed by atoms with Gasteiger partial charge in [-0.25, -0.2) is 27.0 Å². The number of amides is 1. The molecule has 4 aromatic heterocycles. The first-order chi connectivity index (χ1) is 26.0. The van der Waals surface area contributed by atoms with Crippen LogP contribution in [0.1, 0.15) is 46.6 Å². The number of hydrogen-bond acceptors (Lipinski definition) is 10. The van der Waals surface area contributed by atoms with Gasteiger partial charge in [-0.15, -0.1) is 5.10 Å². The van der Waals surface area contributed by atoms with Crippen LogP contribution in [0.25, 0.3) is 44.5 Å². The number of carbonyl (C=O) groups excluding carboxylic acids is 1. The van der Waals surface area contributed by atoms with E-state index >= 15 is 4.39 Å². The second-order valence-corrected chi connectivity index (χ2v) is 16.6. The standard InChI is InChI=1S/C38H42FN7O8S/c1-21(47)20-53-29-17-23(16-27(29)41-36(49)54-38(2,3)4)45-33-28(44(6)37(45)50)18-40-35-31(33)30(22-12-14-24(48)15-13-22)32(26-19-43(5)42-34(26)39)46(35)55(51,52)25-10-8-7-9-11-25/h7-15,18-19,21,23,27,29,47-48H,16-17,20H2,1-6H3,(H,41,49)/t21?,23-,27-,29+/m0/s1. The molecule has 2 aromatic carbocycles. The van der Waals surface area contributed by atoms with Crippen molar-refractivity contribution in [1.29, 1.82) is 0 Å². The van der Waals surface area contributed by atoms with E-state index in [1.807, 2.05) is 0 Å². The second kappa shape index (κ2) is 14.0. The summed E-state index contributed by atoms with van der Waals surface area (Å²) >= 11 is 0. The number of phenolic OH excluding ortho intramolecular Hbond substituents is 1. The van der Waals surface area contributed by atoms with Gasteiger partial charge in [0.2, 0.25) is 5.95 Å². The van der Waals surface area contributed by atoms with E-state index in [0.717, 1.165) is 3.97 Å². The molecule has 7 rings (SSSR count). The third kappa shape index (κ3) is 6.87. The molecule has 55 heavy (non-hydrogen) atoms. The van der Waals surface area contributed by atoms with Gasteiger partial charge in [0.25, 0.3) is 10.0 Å². The minimum Gasteiger partial charge on any atom is -0.508 e. The molecular formula is C38H42FN7O8S. The highest BCUT2D eigenvalue weighted by Crippen LogP contribution is 2.46. The molecule has 1 aliphatic rings. The van der Waals surface area contributed by atoms with E-state index in [1.54, 1.807) is 69.6 Å². The summed E-state index contributed by atoms with van der Waals surface area (Å²) in [5.74, 6) is -1.00. The number of benzene rings is 2. The summed E-state index contributed by atoms with van der Waals surface area (Å²) in [4.78, 5) is 32.0. The monoisotopic (exact) mass is 775 g/mol. The lowest BCUT2D eigenvalue weighted by Crippen LogP contribution is -2.44. The lowest BCUT2D eigenvalue weighted by molar-refractivity contribution is -0.0141. The van der Waals surface area contributed by atoms with E-state index in [1.165, 1.54) is 53.0 Å². The molecule has 0 spiro atoms. The molecule has 1 fully saturated rings. The quantitative estimate of drug-likeness (QED) is 0.184. The molecule has 17 heteroatoms. The van der Waals surface area contributed by atoms with Crippen LogP contribution in [-0.2, 0) is 33.6 Å². The number of aryl methyl sites for hydroxylation is 2. The molecule has 290 valence electrons. The summed E-state index contributed by atoms with van der Waals surface area (Å²) in [6.45, 7) is 6.75. The number of pyridine rings is 1. The largest absolute Gasteiger partial charge is 0.508 e. The zero-order valence-corrected chi connectivity index (χ0v) is 31.9. The van der Waals surface area contributed by atoms with Crippen LogP contribution in [0.4, 0.5) is 9.18 Å². The number of carbonyl (C=O) groups is 1. The van der Waals surface area contributed by atoms with E-state index in [-0.39, 0.29) is 57.9 Å². The number of fused-ring (bicyclic) bond motifs is 3. The summed E-state index contributed by atoms with van der Waals surface area (Å²) in [7, 11) is -1.43. The van der Waals surface area contributed by atoms with Crippen molar-refractivity contribution in [3.8, 4) is 28.1 Å². The number of aromatic hydroxyl groups is 1. The highest BCUT2D eigenvalue weighted by Gasteiger charge is 2.41. The highest BCUT2D eigenvalue weighted by atomic mass is 32.2. The van der Waals surface area contributed by atoms with Crippen molar-refractivity contribution < 1.29 is 37.3 Å². The number of alkyl carbamates (subject to hydrolysis) is 1. The summed E-state index contributed by atoms with van der Waals surface area (Å²) in [5.41, 5.74) is -0.266. The number of hydrogen-bond donors (Lipinski definition) is 3. The molecule has 0 aliphatic heterocycles. The molecule has 6 aromatic rings. The maximum atomic E-state index is 15.9. The Balaban J connectivity index is 1.55. The minimum absolute atomic E-state index is 0.0340. The smallest absolute Gasteiger partial charge is 0.407 e. The topological polar surface area (TPSA) is 185 Å². The Morgan fingerprint density at radius 3 is 2.40 bits per heavy atom.